The predicted octanol–water partition coefficient (Wildman–Crippen LogP) is 2.87. The van der Waals surface area contributed by atoms with Crippen LogP contribution in [0.5, 0.6) is 0 Å². The first-order valence-electron chi connectivity index (χ1n) is 6.06. The Hall–Kier alpha value is -1.84. The summed E-state index contributed by atoms with van der Waals surface area (Å²) in [5.74, 6) is 0. The van der Waals surface area contributed by atoms with Crippen LogP contribution in [0, 0.1) is 0 Å². The third-order valence-corrected chi connectivity index (χ3v) is 2.87. The second-order valence-corrected chi connectivity index (χ2v) is 4.02. The van der Waals surface area contributed by atoms with Crippen molar-refractivity contribution in [2.45, 2.75) is 32.7 Å². The standard InChI is InChI=1S/C13H18N4/c1-3-11(4-2)16-12-5-7-13(8-6-12)17-14-9-10-15-17/h5-11,16H,3-4H2,1-2H3. The molecule has 0 aliphatic rings. The molecule has 17 heavy (non-hydrogen) atoms. The number of hydrogen-bond donors (Lipinski definition) is 1. The molecule has 1 aromatic heterocycles. The Bertz CT molecular complexity index is 429. The van der Waals surface area contributed by atoms with E-state index in [1.807, 2.05) is 12.1 Å². The monoisotopic (exact) mass is 230 g/mol. The molecule has 0 atom stereocenters. The minimum absolute atomic E-state index is 0.545. The molecule has 0 aliphatic carbocycles. The molecule has 0 radical (unpaired) electrons. The summed E-state index contributed by atoms with van der Waals surface area (Å²) < 4.78 is 0. The molecule has 1 N–H and O–H groups in total. The SMILES string of the molecule is CCC(CC)Nc1ccc(-n2nccn2)cc1. The summed E-state index contributed by atoms with van der Waals surface area (Å²) in [6.07, 6.45) is 5.63. The van der Waals surface area contributed by atoms with E-state index in [2.05, 4.69) is 41.5 Å². The number of aromatic nitrogens is 3. The van der Waals surface area contributed by atoms with Gasteiger partial charge in [0.05, 0.1) is 18.1 Å². The molecule has 0 amide bonds. The summed E-state index contributed by atoms with van der Waals surface area (Å²) in [5, 5.41) is 11.7. The van der Waals surface area contributed by atoms with Crippen LogP contribution in [-0.4, -0.2) is 21.0 Å². The third-order valence-electron chi connectivity index (χ3n) is 2.87. The Morgan fingerprint density at radius 1 is 1.06 bits per heavy atom. The summed E-state index contributed by atoms with van der Waals surface area (Å²) in [7, 11) is 0. The second kappa shape index (κ2) is 5.48. The second-order valence-electron chi connectivity index (χ2n) is 4.02. The van der Waals surface area contributed by atoms with Crippen molar-refractivity contribution in [3.05, 3.63) is 36.7 Å². The molecule has 0 aliphatic heterocycles. The number of rotatable bonds is 5. The lowest BCUT2D eigenvalue weighted by Crippen LogP contribution is -2.16. The van der Waals surface area contributed by atoms with Crippen molar-refractivity contribution in [1.82, 2.24) is 15.0 Å². The zero-order valence-corrected chi connectivity index (χ0v) is 10.3. The normalized spacial score (nSPS) is 10.8. The van der Waals surface area contributed by atoms with Gasteiger partial charge in [-0.3, -0.25) is 0 Å². The quantitative estimate of drug-likeness (QED) is 0.858. The van der Waals surface area contributed by atoms with E-state index in [0.717, 1.165) is 24.2 Å². The smallest absolute Gasteiger partial charge is 0.0858 e. The van der Waals surface area contributed by atoms with Crippen LogP contribution in [0.25, 0.3) is 5.69 Å². The van der Waals surface area contributed by atoms with E-state index in [1.54, 1.807) is 17.2 Å². The van der Waals surface area contributed by atoms with Gasteiger partial charge in [0, 0.05) is 11.7 Å². The minimum atomic E-state index is 0.545. The molecule has 4 heteroatoms. The molecule has 2 aromatic rings. The first kappa shape index (κ1) is 11.6. The highest BCUT2D eigenvalue weighted by atomic mass is 15.5. The molecular formula is C13H18N4. The van der Waals surface area contributed by atoms with Gasteiger partial charge in [-0.25, -0.2) is 0 Å². The Morgan fingerprint density at radius 2 is 1.65 bits per heavy atom. The van der Waals surface area contributed by atoms with E-state index in [9.17, 15) is 0 Å². The van der Waals surface area contributed by atoms with Crippen molar-refractivity contribution >= 4 is 5.69 Å². The third kappa shape index (κ3) is 2.84. The molecule has 0 unspecified atom stereocenters. The van der Waals surface area contributed by atoms with Gasteiger partial charge in [-0.2, -0.15) is 15.0 Å². The van der Waals surface area contributed by atoms with Gasteiger partial charge in [-0.1, -0.05) is 13.8 Å². The van der Waals surface area contributed by atoms with E-state index in [0.29, 0.717) is 6.04 Å². The molecule has 90 valence electrons. The molecule has 0 saturated carbocycles. The van der Waals surface area contributed by atoms with Crippen LogP contribution in [-0.2, 0) is 0 Å². The van der Waals surface area contributed by atoms with Gasteiger partial charge < -0.3 is 5.32 Å². The molecule has 0 bridgehead atoms. The number of nitrogens with zero attached hydrogens (tertiary/aromatic N) is 3. The average molecular weight is 230 g/mol. The van der Waals surface area contributed by atoms with Crippen LogP contribution in [0.1, 0.15) is 26.7 Å². The molecule has 4 nitrogen and oxygen atoms in total. The lowest BCUT2D eigenvalue weighted by Gasteiger charge is -2.16. The summed E-state index contributed by atoms with van der Waals surface area (Å²) in [5.41, 5.74) is 2.12. The van der Waals surface area contributed by atoms with Crippen LogP contribution < -0.4 is 5.32 Å². The Kier molecular flexibility index (Phi) is 3.75. The van der Waals surface area contributed by atoms with Gasteiger partial charge in [0.25, 0.3) is 0 Å². The summed E-state index contributed by atoms with van der Waals surface area (Å²) in [6.45, 7) is 4.40. The van der Waals surface area contributed by atoms with Gasteiger partial charge in [0.2, 0.25) is 0 Å². The lowest BCUT2D eigenvalue weighted by atomic mass is 10.1. The largest absolute Gasteiger partial charge is 0.382 e. The van der Waals surface area contributed by atoms with Gasteiger partial charge in [0.15, 0.2) is 0 Å². The van der Waals surface area contributed by atoms with Crippen molar-refractivity contribution in [3.8, 4) is 5.69 Å². The first-order chi connectivity index (χ1) is 8.33. The maximum Gasteiger partial charge on any atom is 0.0858 e. The van der Waals surface area contributed by atoms with Crippen LogP contribution in [0.4, 0.5) is 5.69 Å². The maximum absolute atomic E-state index is 4.09. The zero-order valence-electron chi connectivity index (χ0n) is 10.3. The van der Waals surface area contributed by atoms with E-state index in [4.69, 9.17) is 0 Å². The molecule has 0 fully saturated rings. The molecular weight excluding hydrogens is 212 g/mol. The summed E-state index contributed by atoms with van der Waals surface area (Å²) in [6, 6.07) is 8.72. The summed E-state index contributed by atoms with van der Waals surface area (Å²) >= 11 is 0. The van der Waals surface area contributed by atoms with Crippen LogP contribution >= 0.6 is 0 Å². The topological polar surface area (TPSA) is 42.7 Å². The van der Waals surface area contributed by atoms with Crippen LogP contribution in [0.15, 0.2) is 36.7 Å². The van der Waals surface area contributed by atoms with Gasteiger partial charge in [0.1, 0.15) is 0 Å². The van der Waals surface area contributed by atoms with Gasteiger partial charge in [-0.05, 0) is 37.1 Å². The van der Waals surface area contributed by atoms with Gasteiger partial charge >= 0.3 is 0 Å². The van der Waals surface area contributed by atoms with E-state index in [1.165, 1.54) is 0 Å². The van der Waals surface area contributed by atoms with Crippen molar-refractivity contribution in [2.75, 3.05) is 5.32 Å². The highest BCUT2D eigenvalue weighted by molar-refractivity contribution is 5.48. The molecule has 1 heterocycles. The van der Waals surface area contributed by atoms with E-state index < -0.39 is 0 Å². The van der Waals surface area contributed by atoms with Crippen LogP contribution in [0.3, 0.4) is 0 Å². The maximum atomic E-state index is 4.09. The highest BCUT2D eigenvalue weighted by Crippen LogP contribution is 2.14. The fourth-order valence-corrected chi connectivity index (χ4v) is 1.77. The van der Waals surface area contributed by atoms with Crippen molar-refractivity contribution in [1.29, 1.82) is 0 Å². The van der Waals surface area contributed by atoms with Crippen molar-refractivity contribution < 1.29 is 0 Å². The highest BCUT2D eigenvalue weighted by Gasteiger charge is 2.03. The lowest BCUT2D eigenvalue weighted by molar-refractivity contribution is 0.671. The number of anilines is 1. The zero-order chi connectivity index (χ0) is 12.1. The average Bonchev–Trinajstić information content (AvgIpc) is 2.90. The Balaban J connectivity index is 2.08. The van der Waals surface area contributed by atoms with E-state index >= 15 is 0 Å². The molecule has 0 spiro atoms. The predicted molar refractivity (Wildman–Crippen MR) is 69.4 cm³/mol. The Morgan fingerprint density at radius 3 is 2.18 bits per heavy atom. The minimum Gasteiger partial charge on any atom is -0.382 e. The van der Waals surface area contributed by atoms with Gasteiger partial charge in [-0.15, -0.1) is 0 Å². The van der Waals surface area contributed by atoms with Crippen LogP contribution in [0.2, 0.25) is 0 Å². The molecule has 0 saturated heterocycles. The van der Waals surface area contributed by atoms with Crippen molar-refractivity contribution in [3.63, 3.8) is 0 Å². The Labute approximate surface area is 102 Å². The molecule has 2 rings (SSSR count). The van der Waals surface area contributed by atoms with E-state index in [-0.39, 0.29) is 0 Å². The summed E-state index contributed by atoms with van der Waals surface area (Å²) in [4.78, 5) is 1.61. The van der Waals surface area contributed by atoms with Crippen molar-refractivity contribution in [2.24, 2.45) is 0 Å². The fraction of sp³-hybridized carbons (Fsp3) is 0.385. The fourth-order valence-electron chi connectivity index (χ4n) is 1.77. The first-order valence-corrected chi connectivity index (χ1v) is 6.06. The number of benzene rings is 1. The molecule has 1 aromatic carbocycles. The number of hydrogen-bond acceptors (Lipinski definition) is 3. The number of nitrogens with one attached hydrogen (secondary N) is 1.